The van der Waals surface area contributed by atoms with E-state index < -0.39 is 5.25 Å². The fourth-order valence-electron chi connectivity index (χ4n) is 1.35. The number of nitrogens with zero attached hydrogens (tertiary/aromatic N) is 4. The van der Waals surface area contributed by atoms with Crippen molar-refractivity contribution in [3.8, 4) is 0 Å². The van der Waals surface area contributed by atoms with Gasteiger partial charge in [-0.15, -0.1) is 5.10 Å². The van der Waals surface area contributed by atoms with E-state index in [1.54, 1.807) is 4.68 Å². The lowest BCUT2D eigenvalue weighted by molar-refractivity contribution is -0.121. The zero-order valence-electron chi connectivity index (χ0n) is 9.37. The van der Waals surface area contributed by atoms with Gasteiger partial charge >= 0.3 is 0 Å². The summed E-state index contributed by atoms with van der Waals surface area (Å²) in [5, 5.41) is 11.6. The summed E-state index contributed by atoms with van der Waals surface area (Å²) in [5.74, 6) is 4.81. The Morgan fingerprint density at radius 2 is 2.53 bits per heavy atom. The van der Waals surface area contributed by atoms with Crippen LogP contribution in [0.5, 0.6) is 0 Å². The fourth-order valence-corrected chi connectivity index (χ4v) is 2.36. The van der Waals surface area contributed by atoms with Gasteiger partial charge in [-0.2, -0.15) is 0 Å². The lowest BCUT2D eigenvalue weighted by Gasteiger charge is -2.12. The number of hydrazine groups is 1. The molecular weight excluding hydrogens is 244 g/mol. The topological polar surface area (TPSA) is 108 Å². The SMILES string of the molecule is COCC(Sc1nnnn1C1CC1)C(=O)NN. The van der Waals surface area contributed by atoms with Crippen LogP contribution in [-0.4, -0.2) is 45.1 Å². The molecule has 0 bridgehead atoms. The average molecular weight is 258 g/mol. The van der Waals surface area contributed by atoms with Crippen LogP contribution in [0.2, 0.25) is 0 Å². The summed E-state index contributed by atoms with van der Waals surface area (Å²) >= 11 is 1.26. The molecule has 1 aliphatic carbocycles. The van der Waals surface area contributed by atoms with Gasteiger partial charge in [0.25, 0.3) is 0 Å². The summed E-state index contributed by atoms with van der Waals surface area (Å²) in [7, 11) is 1.53. The molecule has 1 unspecified atom stereocenters. The van der Waals surface area contributed by atoms with Crippen LogP contribution in [0.3, 0.4) is 0 Å². The Morgan fingerprint density at radius 3 is 3.12 bits per heavy atom. The number of hydrogen-bond donors (Lipinski definition) is 2. The van der Waals surface area contributed by atoms with E-state index in [9.17, 15) is 4.79 Å². The van der Waals surface area contributed by atoms with Crippen molar-refractivity contribution in [2.45, 2.75) is 29.3 Å². The first kappa shape index (κ1) is 12.3. The molecule has 0 spiro atoms. The van der Waals surface area contributed by atoms with Gasteiger partial charge in [-0.05, 0) is 23.3 Å². The summed E-state index contributed by atoms with van der Waals surface area (Å²) in [6.45, 7) is 0.255. The van der Waals surface area contributed by atoms with Crippen molar-refractivity contribution < 1.29 is 9.53 Å². The number of thioether (sulfide) groups is 1. The Bertz CT molecular complexity index is 393. The van der Waals surface area contributed by atoms with Gasteiger partial charge in [-0.25, -0.2) is 10.5 Å². The molecule has 1 aromatic heterocycles. The maximum atomic E-state index is 11.5. The Morgan fingerprint density at radius 1 is 1.76 bits per heavy atom. The fraction of sp³-hybridized carbons (Fsp3) is 0.750. The molecule has 8 nitrogen and oxygen atoms in total. The summed E-state index contributed by atoms with van der Waals surface area (Å²) in [6, 6.07) is 0.372. The largest absolute Gasteiger partial charge is 0.383 e. The summed E-state index contributed by atoms with van der Waals surface area (Å²) in [6.07, 6.45) is 2.16. The smallest absolute Gasteiger partial charge is 0.249 e. The Hall–Kier alpha value is -1.19. The Kier molecular flexibility index (Phi) is 3.92. The summed E-state index contributed by atoms with van der Waals surface area (Å²) < 4.78 is 6.72. The third-order valence-electron chi connectivity index (χ3n) is 2.36. The zero-order valence-corrected chi connectivity index (χ0v) is 10.2. The molecule has 2 rings (SSSR count). The number of hydrogen-bond acceptors (Lipinski definition) is 7. The highest BCUT2D eigenvalue weighted by atomic mass is 32.2. The van der Waals surface area contributed by atoms with Crippen molar-refractivity contribution >= 4 is 17.7 Å². The molecule has 1 amide bonds. The molecule has 1 heterocycles. The molecule has 0 aliphatic heterocycles. The maximum absolute atomic E-state index is 11.5. The second-order valence-corrected chi connectivity index (χ2v) is 4.88. The maximum Gasteiger partial charge on any atom is 0.249 e. The van der Waals surface area contributed by atoms with Gasteiger partial charge in [0, 0.05) is 7.11 Å². The molecule has 0 saturated heterocycles. The molecule has 1 aromatic rings. The second-order valence-electron chi connectivity index (χ2n) is 3.71. The van der Waals surface area contributed by atoms with Crippen LogP contribution in [0.1, 0.15) is 18.9 Å². The average Bonchev–Trinajstić information content (AvgIpc) is 3.08. The van der Waals surface area contributed by atoms with Gasteiger partial charge in [-0.1, -0.05) is 11.8 Å². The number of ether oxygens (including phenoxy) is 1. The quantitative estimate of drug-likeness (QED) is 0.295. The van der Waals surface area contributed by atoms with Crippen molar-refractivity contribution in [3.05, 3.63) is 0 Å². The van der Waals surface area contributed by atoms with Gasteiger partial charge in [0.15, 0.2) is 0 Å². The number of amides is 1. The van der Waals surface area contributed by atoms with E-state index in [1.807, 2.05) is 0 Å². The lowest BCUT2D eigenvalue weighted by atomic mass is 10.4. The minimum atomic E-state index is -0.450. The third-order valence-corrected chi connectivity index (χ3v) is 3.47. The van der Waals surface area contributed by atoms with Gasteiger partial charge in [0.2, 0.25) is 11.1 Å². The number of nitrogens with two attached hydrogens (primary N) is 1. The van der Waals surface area contributed by atoms with Crippen molar-refractivity contribution in [3.63, 3.8) is 0 Å². The van der Waals surface area contributed by atoms with Crippen LogP contribution in [-0.2, 0) is 9.53 Å². The standard InChI is InChI=1S/C8H14N6O2S/c1-16-4-6(7(15)10-9)17-8-11-12-13-14(8)5-2-3-5/h5-6H,2-4,9H2,1H3,(H,10,15). The first-order valence-electron chi connectivity index (χ1n) is 5.20. The number of aromatic nitrogens is 4. The van der Waals surface area contributed by atoms with E-state index in [4.69, 9.17) is 10.6 Å². The molecule has 0 radical (unpaired) electrons. The van der Waals surface area contributed by atoms with E-state index in [2.05, 4.69) is 21.0 Å². The number of methoxy groups -OCH3 is 1. The van der Waals surface area contributed by atoms with E-state index >= 15 is 0 Å². The number of tetrazole rings is 1. The molecule has 1 atom stereocenters. The molecule has 0 aromatic carbocycles. The normalized spacial score (nSPS) is 16.8. The number of carbonyl (C=O) groups excluding carboxylic acids is 1. The van der Waals surface area contributed by atoms with Gasteiger partial charge in [0.1, 0.15) is 5.25 Å². The zero-order chi connectivity index (χ0) is 12.3. The molecule has 17 heavy (non-hydrogen) atoms. The van der Waals surface area contributed by atoms with Gasteiger partial charge in [-0.3, -0.25) is 10.2 Å². The van der Waals surface area contributed by atoms with Crippen LogP contribution in [0.15, 0.2) is 5.16 Å². The monoisotopic (exact) mass is 258 g/mol. The number of rotatable bonds is 6. The van der Waals surface area contributed by atoms with Crippen LogP contribution in [0.4, 0.5) is 0 Å². The van der Waals surface area contributed by atoms with Crippen LogP contribution in [0.25, 0.3) is 0 Å². The molecule has 1 saturated carbocycles. The first-order chi connectivity index (χ1) is 8.26. The van der Waals surface area contributed by atoms with Gasteiger partial charge < -0.3 is 4.74 Å². The molecule has 9 heteroatoms. The van der Waals surface area contributed by atoms with Crippen molar-refractivity contribution in [1.82, 2.24) is 25.6 Å². The van der Waals surface area contributed by atoms with Crippen molar-refractivity contribution in [2.24, 2.45) is 5.84 Å². The van der Waals surface area contributed by atoms with E-state index in [-0.39, 0.29) is 12.5 Å². The summed E-state index contributed by atoms with van der Waals surface area (Å²) in [4.78, 5) is 11.5. The molecule has 1 aliphatic rings. The number of carbonyl (C=O) groups is 1. The van der Waals surface area contributed by atoms with Crippen LogP contribution in [0, 0.1) is 0 Å². The third kappa shape index (κ3) is 2.93. The van der Waals surface area contributed by atoms with E-state index in [1.165, 1.54) is 18.9 Å². The Labute approximate surface area is 102 Å². The summed E-state index contributed by atoms with van der Waals surface area (Å²) in [5.41, 5.74) is 2.11. The highest BCUT2D eigenvalue weighted by molar-refractivity contribution is 8.00. The highest BCUT2D eigenvalue weighted by Gasteiger charge is 2.30. The van der Waals surface area contributed by atoms with Crippen molar-refractivity contribution in [1.29, 1.82) is 0 Å². The highest BCUT2D eigenvalue weighted by Crippen LogP contribution is 2.37. The minimum absolute atomic E-state index is 0.255. The molecule has 1 fully saturated rings. The minimum Gasteiger partial charge on any atom is -0.383 e. The number of nitrogens with one attached hydrogen (secondary N) is 1. The van der Waals surface area contributed by atoms with Gasteiger partial charge in [0.05, 0.1) is 12.6 Å². The predicted octanol–water partition coefficient (Wildman–Crippen LogP) is -0.895. The van der Waals surface area contributed by atoms with Crippen molar-refractivity contribution in [2.75, 3.05) is 13.7 Å². The van der Waals surface area contributed by atoms with Crippen LogP contribution >= 0.6 is 11.8 Å². The first-order valence-corrected chi connectivity index (χ1v) is 6.08. The lowest BCUT2D eigenvalue weighted by Crippen LogP contribution is -2.39. The molecule has 3 N–H and O–H groups in total. The molecular formula is C8H14N6O2S. The van der Waals surface area contributed by atoms with Crippen LogP contribution < -0.4 is 11.3 Å². The Balaban J connectivity index is 2.05. The predicted molar refractivity (Wildman–Crippen MR) is 59.9 cm³/mol. The van der Waals surface area contributed by atoms with E-state index in [0.717, 1.165) is 12.8 Å². The van der Waals surface area contributed by atoms with E-state index in [0.29, 0.717) is 11.2 Å². The second kappa shape index (κ2) is 5.43. The molecule has 94 valence electrons.